The van der Waals surface area contributed by atoms with Gasteiger partial charge in [-0.05, 0) is 18.6 Å². The van der Waals surface area contributed by atoms with E-state index < -0.39 is 15.4 Å². The van der Waals surface area contributed by atoms with E-state index in [0.717, 1.165) is 5.56 Å². The number of aromatic nitrogens is 3. The van der Waals surface area contributed by atoms with Crippen molar-refractivity contribution < 1.29 is 12.3 Å². The molecule has 5 nitrogen and oxygen atoms in total. The summed E-state index contributed by atoms with van der Waals surface area (Å²) in [6.45, 7) is 1.81. The lowest BCUT2D eigenvalue weighted by Gasteiger charge is -1.91. The number of fused-ring (bicyclic) bond motifs is 1. The van der Waals surface area contributed by atoms with Crippen LogP contribution in [0.3, 0.4) is 0 Å². The highest BCUT2D eigenvalue weighted by molar-refractivity contribution is 7.86. The van der Waals surface area contributed by atoms with E-state index in [4.69, 9.17) is 0 Å². The summed E-state index contributed by atoms with van der Waals surface area (Å²) in [6.07, 6.45) is 1.57. The summed E-state index contributed by atoms with van der Waals surface area (Å²) in [5.74, 6) is 0. The van der Waals surface area contributed by atoms with E-state index in [0.29, 0.717) is 5.65 Å². The van der Waals surface area contributed by atoms with Crippen LogP contribution >= 0.6 is 0 Å². The van der Waals surface area contributed by atoms with Crippen LogP contribution in [0.2, 0.25) is 0 Å². The molecule has 0 aliphatic heterocycles. The zero-order valence-electron chi connectivity index (χ0n) is 7.18. The number of hydrogen-bond donors (Lipinski definition) is 0. The molecule has 0 unspecified atom stereocenters. The molecular weight excluding hydrogens is 209 g/mol. The van der Waals surface area contributed by atoms with Gasteiger partial charge in [-0.3, -0.25) is 0 Å². The monoisotopic (exact) mass is 215 g/mol. The minimum Gasteiger partial charge on any atom is -0.219 e. The minimum atomic E-state index is -4.82. The van der Waals surface area contributed by atoms with Crippen LogP contribution < -0.4 is 0 Å². The van der Waals surface area contributed by atoms with E-state index in [9.17, 15) is 12.3 Å². The van der Waals surface area contributed by atoms with Crippen LogP contribution in [-0.2, 0) is 10.2 Å². The van der Waals surface area contributed by atoms with Crippen molar-refractivity contribution >= 4 is 15.9 Å². The third-order valence-corrected chi connectivity index (χ3v) is 2.29. The van der Waals surface area contributed by atoms with E-state index in [1.54, 1.807) is 18.3 Å². The second kappa shape index (κ2) is 2.74. The first kappa shape index (κ1) is 9.07. The van der Waals surface area contributed by atoms with Gasteiger partial charge >= 0.3 is 10.2 Å². The molecule has 0 amide bonds. The topological polar surface area (TPSA) is 64.3 Å². The Labute approximate surface area is 79.4 Å². The van der Waals surface area contributed by atoms with Crippen molar-refractivity contribution in [2.75, 3.05) is 0 Å². The Hall–Kier alpha value is -1.50. The van der Waals surface area contributed by atoms with Crippen LogP contribution in [0.25, 0.3) is 5.65 Å². The molecule has 0 saturated carbocycles. The average Bonchev–Trinajstić information content (AvgIpc) is 2.45. The molecule has 0 aromatic carbocycles. The molecule has 0 fully saturated rings. The van der Waals surface area contributed by atoms with Gasteiger partial charge in [0.05, 0.1) is 0 Å². The van der Waals surface area contributed by atoms with Gasteiger partial charge in [0, 0.05) is 6.20 Å². The SMILES string of the molecule is Cc1ccc2nc(S(=O)(=O)F)nn2c1. The fraction of sp³-hybridized carbons (Fsp3) is 0.143. The van der Waals surface area contributed by atoms with Crippen molar-refractivity contribution in [3.63, 3.8) is 0 Å². The van der Waals surface area contributed by atoms with E-state index in [1.807, 2.05) is 6.92 Å². The zero-order valence-corrected chi connectivity index (χ0v) is 7.99. The predicted octanol–water partition coefficient (Wildman–Crippen LogP) is 0.696. The maximum absolute atomic E-state index is 12.5. The Morgan fingerprint density at radius 1 is 1.43 bits per heavy atom. The molecule has 0 bridgehead atoms. The second-order valence-electron chi connectivity index (χ2n) is 2.84. The summed E-state index contributed by atoms with van der Waals surface area (Å²) in [5.41, 5.74) is 1.18. The number of pyridine rings is 1. The second-order valence-corrected chi connectivity index (χ2v) is 4.08. The lowest BCUT2D eigenvalue weighted by molar-refractivity contribution is 0.542. The van der Waals surface area contributed by atoms with E-state index in [1.165, 1.54) is 4.52 Å². The summed E-state index contributed by atoms with van der Waals surface area (Å²) >= 11 is 0. The molecule has 2 aromatic heterocycles. The Bertz CT molecular complexity index is 590. The quantitative estimate of drug-likeness (QED) is 0.657. The molecule has 0 aliphatic carbocycles. The van der Waals surface area contributed by atoms with Crippen LogP contribution in [0.1, 0.15) is 5.56 Å². The molecule has 0 N–H and O–H groups in total. The number of halogens is 1. The molecule has 2 aromatic rings. The Kier molecular flexibility index (Phi) is 1.78. The van der Waals surface area contributed by atoms with Gasteiger partial charge in [-0.2, -0.15) is 13.4 Å². The van der Waals surface area contributed by atoms with E-state index >= 15 is 0 Å². The lowest BCUT2D eigenvalue weighted by atomic mass is 10.3. The summed E-state index contributed by atoms with van der Waals surface area (Å²) in [5, 5.41) is 2.68. The van der Waals surface area contributed by atoms with Gasteiger partial charge in [-0.1, -0.05) is 9.95 Å². The third-order valence-electron chi connectivity index (χ3n) is 1.68. The standard InChI is InChI=1S/C7H6FN3O2S/c1-5-2-3-6-9-7(14(8,12)13)10-11(6)4-5/h2-4H,1H3. The molecule has 0 spiro atoms. The van der Waals surface area contributed by atoms with Gasteiger partial charge in [0.25, 0.3) is 5.16 Å². The molecule has 0 radical (unpaired) electrons. The van der Waals surface area contributed by atoms with Crippen LogP contribution in [0.4, 0.5) is 3.89 Å². The third kappa shape index (κ3) is 1.46. The number of rotatable bonds is 1. The highest BCUT2D eigenvalue weighted by Crippen LogP contribution is 2.09. The van der Waals surface area contributed by atoms with Crippen LogP contribution in [0.5, 0.6) is 0 Å². The van der Waals surface area contributed by atoms with Gasteiger partial charge in [-0.15, -0.1) is 5.10 Å². The van der Waals surface area contributed by atoms with Crippen LogP contribution in [-0.4, -0.2) is 23.0 Å². The fourth-order valence-electron chi connectivity index (χ4n) is 1.07. The first-order valence-electron chi connectivity index (χ1n) is 3.74. The van der Waals surface area contributed by atoms with Crippen molar-refractivity contribution in [1.82, 2.24) is 14.6 Å². The van der Waals surface area contributed by atoms with Gasteiger partial charge in [0.15, 0.2) is 5.65 Å². The molecule has 0 atom stereocenters. The minimum absolute atomic E-state index is 0.298. The summed E-state index contributed by atoms with van der Waals surface area (Å²) in [7, 11) is -4.82. The molecule has 2 rings (SSSR count). The van der Waals surface area contributed by atoms with Crippen molar-refractivity contribution in [2.45, 2.75) is 12.1 Å². The maximum atomic E-state index is 12.5. The van der Waals surface area contributed by atoms with Gasteiger partial charge < -0.3 is 0 Å². The average molecular weight is 215 g/mol. The van der Waals surface area contributed by atoms with Gasteiger partial charge in [0.1, 0.15) is 0 Å². The largest absolute Gasteiger partial charge is 0.369 e. The molecule has 14 heavy (non-hydrogen) atoms. The van der Waals surface area contributed by atoms with Crippen LogP contribution in [0, 0.1) is 6.92 Å². The Morgan fingerprint density at radius 3 is 2.79 bits per heavy atom. The first-order chi connectivity index (χ1) is 6.47. The maximum Gasteiger partial charge on any atom is 0.369 e. The van der Waals surface area contributed by atoms with Crippen molar-refractivity contribution in [1.29, 1.82) is 0 Å². The molecule has 2 heterocycles. The van der Waals surface area contributed by atoms with Gasteiger partial charge in [-0.25, -0.2) is 4.52 Å². The number of aryl methyl sites for hydroxylation is 1. The molecular formula is C7H6FN3O2S. The molecule has 7 heteroatoms. The lowest BCUT2D eigenvalue weighted by Crippen LogP contribution is -1.95. The van der Waals surface area contributed by atoms with Crippen molar-refractivity contribution in [2.24, 2.45) is 0 Å². The van der Waals surface area contributed by atoms with Crippen molar-refractivity contribution in [3.05, 3.63) is 23.9 Å². The van der Waals surface area contributed by atoms with Crippen LogP contribution in [0.15, 0.2) is 23.5 Å². The summed E-state index contributed by atoms with van der Waals surface area (Å²) in [6, 6.07) is 3.30. The normalized spacial score (nSPS) is 12.1. The molecule has 0 saturated heterocycles. The molecule has 74 valence electrons. The Morgan fingerprint density at radius 2 is 2.14 bits per heavy atom. The number of nitrogens with zero attached hydrogens (tertiary/aromatic N) is 3. The number of hydrogen-bond acceptors (Lipinski definition) is 4. The summed E-state index contributed by atoms with van der Waals surface area (Å²) < 4.78 is 34.7. The smallest absolute Gasteiger partial charge is 0.219 e. The predicted molar refractivity (Wildman–Crippen MR) is 46.0 cm³/mol. The van der Waals surface area contributed by atoms with E-state index in [2.05, 4.69) is 10.1 Å². The zero-order chi connectivity index (χ0) is 10.3. The fourth-order valence-corrected chi connectivity index (χ4v) is 1.46. The molecule has 0 aliphatic rings. The van der Waals surface area contributed by atoms with Crippen molar-refractivity contribution in [3.8, 4) is 0 Å². The highest BCUT2D eigenvalue weighted by Gasteiger charge is 2.18. The summed E-state index contributed by atoms with van der Waals surface area (Å²) in [4.78, 5) is 3.51. The first-order valence-corrected chi connectivity index (χ1v) is 5.13. The van der Waals surface area contributed by atoms with Gasteiger partial charge in [0.2, 0.25) is 0 Å². The highest BCUT2D eigenvalue weighted by atomic mass is 32.3. The Balaban J connectivity index is 2.75. The van der Waals surface area contributed by atoms with E-state index in [-0.39, 0.29) is 0 Å².